The molecule has 2 heterocycles. The van der Waals surface area contributed by atoms with Crippen molar-refractivity contribution < 1.29 is 0 Å². The van der Waals surface area contributed by atoms with Gasteiger partial charge < -0.3 is 9.88 Å². The predicted octanol–water partition coefficient (Wildman–Crippen LogP) is 2.40. The van der Waals surface area contributed by atoms with Crippen molar-refractivity contribution in [3.8, 4) is 0 Å². The third kappa shape index (κ3) is 1.58. The first-order valence-electron chi connectivity index (χ1n) is 5.65. The zero-order chi connectivity index (χ0) is 11.0. The second kappa shape index (κ2) is 3.67. The summed E-state index contributed by atoms with van der Waals surface area (Å²) in [7, 11) is 0. The Morgan fingerprint density at radius 3 is 2.94 bits per heavy atom. The summed E-state index contributed by atoms with van der Waals surface area (Å²) in [5.74, 6) is 1.55. The van der Waals surface area contributed by atoms with Crippen LogP contribution in [0.15, 0.2) is 36.5 Å². The van der Waals surface area contributed by atoms with Gasteiger partial charge in [0.25, 0.3) is 0 Å². The van der Waals surface area contributed by atoms with E-state index in [1.807, 2.05) is 6.92 Å². The molecule has 16 heavy (non-hydrogen) atoms. The smallest absolute Gasteiger partial charge is 0.203 e. The lowest BCUT2D eigenvalue weighted by atomic mass is 9.98. The molecule has 1 aromatic heterocycles. The average Bonchev–Trinajstić information content (AvgIpc) is 2.69. The molecule has 0 saturated carbocycles. The minimum Gasteiger partial charge on any atom is -0.355 e. The topological polar surface area (TPSA) is 29.9 Å². The van der Waals surface area contributed by atoms with Crippen LogP contribution in [0, 0.1) is 6.92 Å². The highest BCUT2D eigenvalue weighted by atomic mass is 15.2. The van der Waals surface area contributed by atoms with Gasteiger partial charge in [-0.1, -0.05) is 30.3 Å². The third-order valence-corrected chi connectivity index (χ3v) is 3.09. The Balaban J connectivity index is 1.88. The van der Waals surface area contributed by atoms with Crippen LogP contribution in [0.3, 0.4) is 0 Å². The second-order valence-corrected chi connectivity index (χ2v) is 4.35. The Bertz CT molecular complexity index is 487. The van der Waals surface area contributed by atoms with E-state index >= 15 is 0 Å². The highest BCUT2D eigenvalue weighted by Crippen LogP contribution is 2.24. The van der Waals surface area contributed by atoms with Gasteiger partial charge in [0.15, 0.2) is 0 Å². The lowest BCUT2D eigenvalue weighted by Gasteiger charge is -2.25. The van der Waals surface area contributed by atoms with Crippen molar-refractivity contribution in [3.05, 3.63) is 47.8 Å². The molecule has 2 aromatic rings. The van der Waals surface area contributed by atoms with Crippen molar-refractivity contribution in [2.75, 3.05) is 11.9 Å². The van der Waals surface area contributed by atoms with Crippen LogP contribution in [0.1, 0.15) is 17.2 Å². The van der Waals surface area contributed by atoms with Gasteiger partial charge in [-0.15, -0.1) is 0 Å². The number of imidazole rings is 1. The molecular formula is C13H15N3. The van der Waals surface area contributed by atoms with Crippen LogP contribution in [-0.2, 0) is 6.54 Å². The minimum atomic E-state index is 0.544. The standard InChI is InChI=1S/C13H15N3/c1-10-8-16-9-12(7-14-13(16)15-10)11-5-3-2-4-6-11/h2-6,8,12H,7,9H2,1H3,(H,14,15). The number of anilines is 1. The second-order valence-electron chi connectivity index (χ2n) is 4.35. The molecule has 0 saturated heterocycles. The quantitative estimate of drug-likeness (QED) is 0.788. The van der Waals surface area contributed by atoms with Crippen LogP contribution < -0.4 is 5.32 Å². The summed E-state index contributed by atoms with van der Waals surface area (Å²) >= 11 is 0. The zero-order valence-electron chi connectivity index (χ0n) is 9.35. The SMILES string of the molecule is Cc1cn2c(n1)NCC(c1ccccc1)C2. The van der Waals surface area contributed by atoms with Crippen molar-refractivity contribution in [1.29, 1.82) is 0 Å². The van der Waals surface area contributed by atoms with Crippen molar-refractivity contribution >= 4 is 5.95 Å². The number of hydrogen-bond donors (Lipinski definition) is 1. The van der Waals surface area contributed by atoms with E-state index in [2.05, 4.69) is 51.4 Å². The van der Waals surface area contributed by atoms with Crippen LogP contribution in [0.5, 0.6) is 0 Å². The number of hydrogen-bond acceptors (Lipinski definition) is 2. The van der Waals surface area contributed by atoms with Crippen molar-refractivity contribution in [2.24, 2.45) is 0 Å². The van der Waals surface area contributed by atoms with E-state index in [-0.39, 0.29) is 0 Å². The summed E-state index contributed by atoms with van der Waals surface area (Å²) in [6.45, 7) is 4.03. The Kier molecular flexibility index (Phi) is 2.17. The largest absolute Gasteiger partial charge is 0.355 e. The van der Waals surface area contributed by atoms with Gasteiger partial charge in [-0.25, -0.2) is 4.98 Å². The summed E-state index contributed by atoms with van der Waals surface area (Å²) < 4.78 is 2.20. The summed E-state index contributed by atoms with van der Waals surface area (Å²) in [4.78, 5) is 4.43. The predicted molar refractivity (Wildman–Crippen MR) is 64.6 cm³/mol. The molecule has 0 aliphatic carbocycles. The van der Waals surface area contributed by atoms with E-state index in [4.69, 9.17) is 0 Å². The maximum absolute atomic E-state index is 4.43. The molecule has 0 radical (unpaired) electrons. The molecule has 1 atom stereocenters. The van der Waals surface area contributed by atoms with Crippen molar-refractivity contribution in [2.45, 2.75) is 19.4 Å². The Morgan fingerprint density at radius 1 is 1.31 bits per heavy atom. The van der Waals surface area contributed by atoms with Gasteiger partial charge in [-0.05, 0) is 12.5 Å². The molecular weight excluding hydrogens is 198 g/mol. The van der Waals surface area contributed by atoms with Crippen LogP contribution >= 0.6 is 0 Å². The van der Waals surface area contributed by atoms with Crippen LogP contribution in [0.4, 0.5) is 5.95 Å². The van der Waals surface area contributed by atoms with E-state index < -0.39 is 0 Å². The van der Waals surface area contributed by atoms with E-state index in [1.54, 1.807) is 0 Å². The fraction of sp³-hybridized carbons (Fsp3) is 0.308. The summed E-state index contributed by atoms with van der Waals surface area (Å²) in [5.41, 5.74) is 2.48. The Hall–Kier alpha value is -1.77. The molecule has 3 rings (SSSR count). The molecule has 3 nitrogen and oxygen atoms in total. The number of benzene rings is 1. The van der Waals surface area contributed by atoms with Gasteiger partial charge in [-0.3, -0.25) is 0 Å². The minimum absolute atomic E-state index is 0.544. The van der Waals surface area contributed by atoms with Crippen molar-refractivity contribution in [1.82, 2.24) is 9.55 Å². The number of fused-ring (bicyclic) bond motifs is 1. The first-order chi connectivity index (χ1) is 7.83. The van der Waals surface area contributed by atoms with Gasteiger partial charge >= 0.3 is 0 Å². The monoisotopic (exact) mass is 213 g/mol. The first kappa shape index (κ1) is 9.46. The molecule has 0 amide bonds. The lowest BCUT2D eigenvalue weighted by Crippen LogP contribution is -2.25. The molecule has 1 N–H and O–H groups in total. The van der Waals surface area contributed by atoms with Crippen LogP contribution in [-0.4, -0.2) is 16.1 Å². The maximum Gasteiger partial charge on any atom is 0.203 e. The third-order valence-electron chi connectivity index (χ3n) is 3.09. The van der Waals surface area contributed by atoms with Crippen LogP contribution in [0.2, 0.25) is 0 Å². The first-order valence-corrected chi connectivity index (χ1v) is 5.65. The van der Waals surface area contributed by atoms with Gasteiger partial charge in [0, 0.05) is 25.2 Å². The molecule has 1 aliphatic rings. The fourth-order valence-corrected chi connectivity index (χ4v) is 2.29. The maximum atomic E-state index is 4.43. The Morgan fingerprint density at radius 2 is 2.12 bits per heavy atom. The van der Waals surface area contributed by atoms with E-state index in [1.165, 1.54) is 5.56 Å². The number of aromatic nitrogens is 2. The fourth-order valence-electron chi connectivity index (χ4n) is 2.29. The summed E-state index contributed by atoms with van der Waals surface area (Å²) in [5, 5.41) is 3.38. The molecule has 0 spiro atoms. The van der Waals surface area contributed by atoms with E-state index in [0.29, 0.717) is 5.92 Å². The number of aryl methyl sites for hydroxylation is 1. The normalized spacial score (nSPS) is 18.9. The molecule has 82 valence electrons. The molecule has 1 aliphatic heterocycles. The lowest BCUT2D eigenvalue weighted by molar-refractivity contribution is 0.548. The summed E-state index contributed by atoms with van der Waals surface area (Å²) in [6.07, 6.45) is 2.11. The number of rotatable bonds is 1. The highest BCUT2D eigenvalue weighted by Gasteiger charge is 2.20. The molecule has 1 aromatic carbocycles. The van der Waals surface area contributed by atoms with Crippen LogP contribution in [0.25, 0.3) is 0 Å². The van der Waals surface area contributed by atoms with Gasteiger partial charge in [0.1, 0.15) is 0 Å². The van der Waals surface area contributed by atoms with E-state index in [0.717, 1.165) is 24.7 Å². The van der Waals surface area contributed by atoms with E-state index in [9.17, 15) is 0 Å². The Labute approximate surface area is 95.1 Å². The highest BCUT2D eigenvalue weighted by molar-refractivity contribution is 5.34. The zero-order valence-corrected chi connectivity index (χ0v) is 9.35. The van der Waals surface area contributed by atoms with Gasteiger partial charge in [0.2, 0.25) is 5.95 Å². The molecule has 3 heteroatoms. The summed E-state index contributed by atoms with van der Waals surface area (Å²) in [6, 6.07) is 10.7. The number of nitrogens with zero attached hydrogens (tertiary/aromatic N) is 2. The molecule has 0 fully saturated rings. The molecule has 0 bridgehead atoms. The molecule has 1 unspecified atom stereocenters. The van der Waals surface area contributed by atoms with Gasteiger partial charge in [-0.2, -0.15) is 0 Å². The van der Waals surface area contributed by atoms with Gasteiger partial charge in [0.05, 0.1) is 5.69 Å². The van der Waals surface area contributed by atoms with Crippen molar-refractivity contribution in [3.63, 3.8) is 0 Å². The average molecular weight is 213 g/mol. The number of nitrogens with one attached hydrogen (secondary N) is 1.